The van der Waals surface area contributed by atoms with Gasteiger partial charge < -0.3 is 113 Å². The van der Waals surface area contributed by atoms with E-state index in [1.807, 2.05) is 42.5 Å². The fraction of sp³-hybridized carbons (Fsp3) is 0.529. The van der Waals surface area contributed by atoms with Crippen molar-refractivity contribution in [3.05, 3.63) is 156 Å². The Hall–Kier alpha value is -13.7. The molecular formula is C102H146Cl3FN19O22S2+. The molecule has 4 heterocycles. The number of imidazole rings is 3. The average molecular weight is 2180 g/mol. The smallest absolute Gasteiger partial charge is 0.408 e. The summed E-state index contributed by atoms with van der Waals surface area (Å²) in [6.45, 7) is 52.3. The van der Waals surface area contributed by atoms with Crippen LogP contribution >= 0.6 is 44.1 Å². The molecule has 5 atom stereocenters. The van der Waals surface area contributed by atoms with Crippen molar-refractivity contribution in [3.63, 3.8) is 0 Å². The normalized spacial score (nSPS) is 12.5. The lowest BCUT2D eigenvalue weighted by molar-refractivity contribution is -0.647. The van der Waals surface area contributed by atoms with E-state index in [4.69, 9.17) is 99.7 Å². The van der Waals surface area contributed by atoms with E-state index in [0.717, 1.165) is 38.8 Å². The van der Waals surface area contributed by atoms with Crippen molar-refractivity contribution in [1.82, 2.24) is 55.5 Å². The van der Waals surface area contributed by atoms with Gasteiger partial charge in [-0.1, -0.05) is 49.4 Å². The zero-order chi connectivity index (χ0) is 113. The van der Waals surface area contributed by atoms with Gasteiger partial charge in [0.2, 0.25) is 16.8 Å². The number of aromatic amines is 2. The van der Waals surface area contributed by atoms with E-state index >= 15 is 0 Å². The van der Waals surface area contributed by atoms with Gasteiger partial charge in [-0.15, -0.1) is 4.37 Å². The van der Waals surface area contributed by atoms with Gasteiger partial charge in [0.25, 0.3) is 16.2 Å². The predicted octanol–water partition coefficient (Wildman–Crippen LogP) is 15.7. The number of nitro benzene ring substituents is 1. The molecule has 41 nitrogen and oxygen atoms in total. The molecule has 5 amide bonds. The predicted molar refractivity (Wildman–Crippen MR) is 565 cm³/mol. The average Bonchev–Trinajstić information content (AvgIpc) is 1.65. The third kappa shape index (κ3) is 51.6. The number of nitrogens with two attached hydrogens (primary N) is 3. The molecule has 0 aliphatic heterocycles. The number of hydrogen-bond acceptors (Lipinski definition) is 32. The molecule has 0 fully saturated rings. The number of nitriles is 3. The van der Waals surface area contributed by atoms with Crippen LogP contribution in [0.5, 0.6) is 0 Å². The Morgan fingerprint density at radius 1 is 0.456 bits per heavy atom. The number of esters is 5. The van der Waals surface area contributed by atoms with Crippen molar-refractivity contribution in [2.24, 2.45) is 14.1 Å². The second-order valence-corrected chi connectivity index (χ2v) is 45.9. The van der Waals surface area contributed by atoms with Crippen molar-refractivity contribution >= 4 is 160 Å². The molecule has 0 aliphatic rings. The van der Waals surface area contributed by atoms with Crippen LogP contribution < -0.4 is 60.8 Å². The van der Waals surface area contributed by atoms with Crippen molar-refractivity contribution in [3.8, 4) is 18.2 Å². The first kappa shape index (κ1) is 131. The largest absolute Gasteiger partial charge is 1.00 e. The quantitative estimate of drug-likeness (QED) is 0.00467. The molecule has 5 aromatic carbocycles. The second-order valence-electron chi connectivity index (χ2n) is 43.1. The van der Waals surface area contributed by atoms with Crippen LogP contribution in [0.1, 0.15) is 262 Å². The van der Waals surface area contributed by atoms with Gasteiger partial charge in [-0.2, -0.15) is 15.8 Å². The number of alkyl halides is 1. The fourth-order valence-corrected chi connectivity index (χ4v) is 14.3. The number of nitro groups is 1. The van der Waals surface area contributed by atoms with Crippen molar-refractivity contribution in [1.29, 1.82) is 15.8 Å². The number of nitrogens with one attached hydrogen (secondary N) is 7. The molecule has 0 aliphatic carbocycles. The Labute approximate surface area is 895 Å². The number of rotatable bonds is 21. The lowest BCUT2D eigenvalue weighted by atomic mass is 10.0. The van der Waals surface area contributed by atoms with Crippen LogP contribution in [0.15, 0.2) is 91.0 Å². The van der Waals surface area contributed by atoms with Gasteiger partial charge in [0, 0.05) is 45.2 Å². The number of benzene rings is 5. The molecule has 13 N–H and O–H groups in total. The summed E-state index contributed by atoms with van der Waals surface area (Å²) in [6, 6.07) is 27.0. The molecule has 0 unspecified atom stereocenters. The number of nitrogen functional groups attached to an aromatic ring is 3. The number of fused-ring (bicyclic) bond motifs is 3. The molecule has 9 aromatic rings. The molecule has 0 bridgehead atoms. The van der Waals surface area contributed by atoms with E-state index in [1.54, 1.807) is 279 Å². The van der Waals surface area contributed by atoms with Crippen LogP contribution in [0.25, 0.3) is 33.1 Å². The third-order valence-corrected chi connectivity index (χ3v) is 20.6. The number of aromatic nitrogens is 7. The van der Waals surface area contributed by atoms with Crippen LogP contribution in [0, 0.1) is 44.1 Å². The molecule has 47 heteroatoms. The van der Waals surface area contributed by atoms with Crippen LogP contribution in [0.3, 0.4) is 0 Å². The molecule has 0 saturated heterocycles. The summed E-state index contributed by atoms with van der Waals surface area (Å²) in [6.07, 6.45) is -2.74. The van der Waals surface area contributed by atoms with E-state index in [0.29, 0.717) is 54.6 Å². The van der Waals surface area contributed by atoms with Gasteiger partial charge in [-0.25, -0.2) is 67.5 Å². The molecule has 0 saturated carbocycles. The number of H-pyrrole nitrogens is 2. The number of carbonyl (C=O) groups excluding carboxylic acids is 10. The number of anilines is 3. The molecule has 4 aromatic heterocycles. The summed E-state index contributed by atoms with van der Waals surface area (Å²) >= 11 is 10.9. The SMILES string of the molecule is C.CC(C)(C)OC(=O)N[C@@H](Cc1ccc(N)c(N)c1)C(=O)OC(C)(C)C.CC(C)(C)OC(=O)N[C@@H](Cc1ccc(N)c([N+](=O)[O-])c1)C(=O)OC(C)(C)C.CC(C)(C)OC(=O)N[C@@H](Cc1ccc2nc(C#N)[nH]c2c1)C(=O)OC(C)(C)C.C[n+]1c(C#N)[nH]c2cc(C[C@H](NC(=O)OC(C)(C)C)C(=O)OC(C)(C)C)ccc21.Clc1ns[s+]c1Cl.Cn1c(C#N)nc2ccc(C[C@H](NC(=O)OC(C)(C)C)C(=O)OC(C)(C)C)cc21.[2H]CF.[Cl-]. The number of hydrogen-bond donors (Lipinski definition) is 10. The Morgan fingerprint density at radius 2 is 0.758 bits per heavy atom. The highest BCUT2D eigenvalue weighted by atomic mass is 35.5. The van der Waals surface area contributed by atoms with E-state index in [-0.39, 0.29) is 69.1 Å². The number of carbonyl (C=O) groups is 10. The van der Waals surface area contributed by atoms with Crippen LogP contribution in [-0.2, 0) is 118 Å². The first-order valence-corrected chi connectivity index (χ1v) is 48.9. The third-order valence-electron chi connectivity index (χ3n) is 17.8. The maximum atomic E-state index is 12.7. The van der Waals surface area contributed by atoms with E-state index in [2.05, 4.69) is 57.0 Å². The van der Waals surface area contributed by atoms with E-state index in [1.165, 1.54) is 33.0 Å². The molecule has 820 valence electrons. The van der Waals surface area contributed by atoms with Crippen LogP contribution in [-0.4, -0.2) is 187 Å². The monoisotopic (exact) mass is 2180 g/mol. The topological polar surface area (TPSA) is 595 Å². The summed E-state index contributed by atoms with van der Waals surface area (Å²) < 4.78 is 76.6. The minimum Gasteiger partial charge on any atom is -1.00 e. The maximum Gasteiger partial charge on any atom is 0.408 e. The van der Waals surface area contributed by atoms with Gasteiger partial charge in [0.15, 0.2) is 17.1 Å². The summed E-state index contributed by atoms with van der Waals surface area (Å²) in [7, 11) is 5.21. The van der Waals surface area contributed by atoms with Crippen LogP contribution in [0.4, 0.5) is 51.1 Å². The Balaban J connectivity index is 0.000000912. The van der Waals surface area contributed by atoms with Crippen LogP contribution in [0.2, 0.25) is 9.49 Å². The molecule has 149 heavy (non-hydrogen) atoms. The summed E-state index contributed by atoms with van der Waals surface area (Å²) in [5, 5.41) is 51.6. The molecule has 0 radical (unpaired) electrons. The van der Waals surface area contributed by atoms with Crippen molar-refractivity contribution in [2.75, 3.05) is 24.4 Å². The molecular weight excluding hydrogens is 2030 g/mol. The highest BCUT2D eigenvalue weighted by Crippen LogP contribution is 2.30. The van der Waals surface area contributed by atoms with Gasteiger partial charge >= 0.3 is 80.8 Å². The van der Waals surface area contributed by atoms with Gasteiger partial charge in [0.1, 0.15) is 104 Å². The first-order chi connectivity index (χ1) is 67.6. The Morgan fingerprint density at radius 3 is 1.05 bits per heavy atom. The summed E-state index contributed by atoms with van der Waals surface area (Å²) in [5.41, 5.74) is 18.7. The highest BCUT2D eigenvalue weighted by molar-refractivity contribution is 7.68. The van der Waals surface area contributed by atoms with E-state index in [9.17, 15) is 67.7 Å². The Bertz CT molecular complexity index is 6220. The number of halogens is 4. The minimum absolute atomic E-state index is 0. The number of ether oxygens (including phenoxy) is 10. The van der Waals surface area contributed by atoms with E-state index < -0.39 is 159 Å². The number of amides is 5. The highest BCUT2D eigenvalue weighted by Gasteiger charge is 2.37. The maximum absolute atomic E-state index is 12.7. The first-order valence-electron chi connectivity index (χ1n) is 46.7. The minimum atomic E-state index is -1.08. The molecule has 9 rings (SSSR count). The standard InChI is InChI=1S/2C21H28N4O4.C20H26N4O4.C18H27N3O6.C18H29N3O4.C2Cl2NS2.CH3F.CH4.ClH/c1-20(2,3)28-18(26)15(24-19(27)29-21(4,5)6)11-13-8-9-16-14(10-13)23-17(12-22)25(16)7;1-20(2,3)28-18(26)15(24-19(27)29-21(4,5)6)10-13-8-9-14-16(11-13)25(7)17(12-22)23-14;1-19(2,3)27-17(25)15(24-18(26)28-20(4,5)6)10-12-7-8-13-14(9-12)23-16(11-21)22-13;1-17(2,3)26-15(22)13(20-16(23)27-18(4,5)6)9-11-7-8-12(19)14(10-11)21(24)25;1-17(2,3)24-15(22)14(21-16(23)25-18(4,5)6)10-11-7-8-12(19)13(20)9-11;3-1-2(4)6-7-5-1;1-2;;/h8-10,15H,11H2,1-7H3,(H,24,27);8-9,11,15H,10H2,1-7H3,(H,24,27);7-9,15H,10H2,1-6H3,(H,22,23)(H,24,26);7-8,10,13H,9,19H2,1-6H3,(H,20,23);7-9,14H,10,19-20H2,1-6H3,(H,21,23);;1H3;1H4;1H/q;;;;;+1;;;/t3*15-;13-;14-;;;;/m00000..../s1/i;;;;;;1D;;. The lowest BCUT2D eigenvalue weighted by Crippen LogP contribution is -3.00. The summed E-state index contributed by atoms with van der Waals surface area (Å²) in [4.78, 5) is 149. The number of alkyl carbamates (subject to hydrolysis) is 5. The Kier molecular flexibility index (Phi) is 49.9. The van der Waals surface area contributed by atoms with Gasteiger partial charge in [-0.3, -0.25) is 14.5 Å². The number of nitrogens with zero attached hydrogens (tertiary/aromatic N) is 9. The summed E-state index contributed by atoms with van der Waals surface area (Å²) in [5.74, 6) is -1.94. The van der Waals surface area contributed by atoms with Gasteiger partial charge in [0.05, 0.1) is 53.9 Å². The zero-order valence-electron chi connectivity index (χ0n) is 90.9. The zero-order valence-corrected chi connectivity index (χ0v) is 93.8. The van der Waals surface area contributed by atoms with Gasteiger partial charge in [-0.05, 0) is 302 Å². The van der Waals surface area contributed by atoms with Crippen molar-refractivity contribution < 1.29 is 123 Å². The number of aryl methyl sites for hydroxylation is 2. The van der Waals surface area contributed by atoms with Crippen molar-refractivity contribution in [2.45, 2.75) is 333 Å². The molecule has 0 spiro atoms. The lowest BCUT2D eigenvalue weighted by Gasteiger charge is -2.26. The fourth-order valence-electron chi connectivity index (χ4n) is 12.3. The second kappa shape index (κ2) is 56.6.